The molecule has 0 saturated carbocycles. The molecule has 0 spiro atoms. The maximum atomic E-state index is 4.74. The topological polar surface area (TPSA) is 25.8 Å². The number of aryl methyl sites for hydroxylation is 2. The Kier molecular flexibility index (Phi) is 8.73. The predicted octanol–water partition coefficient (Wildman–Crippen LogP) is 8.72. The second-order valence-corrected chi connectivity index (χ2v) is 38.7. The molecule has 2 atom stereocenters. The Bertz CT molecular complexity index is 1820. The third-order valence-electron chi connectivity index (χ3n) is 9.76. The van der Waals surface area contributed by atoms with Gasteiger partial charge in [-0.15, -0.1) is 24.8 Å². The molecule has 0 fully saturated rings. The molecule has 5 aromatic rings. The van der Waals surface area contributed by atoms with E-state index in [2.05, 4.69) is 129 Å². The van der Waals surface area contributed by atoms with E-state index in [9.17, 15) is 0 Å². The normalized spacial score (nSPS) is 16.7. The summed E-state index contributed by atoms with van der Waals surface area (Å²) in [6.45, 7) is 6.99. The third-order valence-corrected chi connectivity index (χ3v) is 33.1. The first-order valence-electron chi connectivity index (χ1n) is 14.4. The molecule has 0 saturated heterocycles. The molecule has 2 nitrogen and oxygen atoms in total. The zero-order valence-electron chi connectivity index (χ0n) is 24.7. The molecule has 43 heavy (non-hydrogen) atoms. The van der Waals surface area contributed by atoms with Gasteiger partial charge in [-0.05, 0) is 0 Å². The summed E-state index contributed by atoms with van der Waals surface area (Å²) in [6.07, 6.45) is 13.7. The zero-order valence-corrected chi connectivity index (χ0v) is 30.2. The number of hydrogen-bond acceptors (Lipinski definition) is 2. The number of halogens is 2. The Balaban J connectivity index is 0.00000184. The average molecular weight is 699 g/mol. The van der Waals surface area contributed by atoms with E-state index in [1.807, 2.05) is 24.5 Å². The predicted molar refractivity (Wildman–Crippen MR) is 187 cm³/mol. The van der Waals surface area contributed by atoms with Crippen molar-refractivity contribution in [3.05, 3.63) is 149 Å². The molecule has 3 aromatic carbocycles. The van der Waals surface area contributed by atoms with Crippen LogP contribution in [0.4, 0.5) is 0 Å². The fourth-order valence-electron chi connectivity index (χ4n) is 7.55. The zero-order chi connectivity index (χ0) is 28.2. The van der Waals surface area contributed by atoms with Crippen LogP contribution in [0.2, 0.25) is 4.63 Å². The van der Waals surface area contributed by atoms with E-state index in [0.29, 0.717) is 7.25 Å². The first-order valence-corrected chi connectivity index (χ1v) is 26.9. The van der Waals surface area contributed by atoms with E-state index < -0.39 is 17.4 Å². The summed E-state index contributed by atoms with van der Waals surface area (Å²) in [5.41, 5.74) is 13.0. The van der Waals surface area contributed by atoms with Crippen molar-refractivity contribution in [2.24, 2.45) is 0 Å². The smallest absolute Gasteiger partial charge is 0.147 e. The summed E-state index contributed by atoms with van der Waals surface area (Å²) in [4.78, 5) is 9.49. The summed E-state index contributed by atoms with van der Waals surface area (Å²) in [6, 6.07) is 33.1. The van der Waals surface area contributed by atoms with Gasteiger partial charge in [0.1, 0.15) is 0 Å². The molecule has 0 aliphatic heterocycles. The molecule has 0 bridgehead atoms. The Morgan fingerprint density at radius 3 is 1.44 bits per heavy atom. The van der Waals surface area contributed by atoms with Crippen molar-refractivity contribution in [1.29, 1.82) is 0 Å². The van der Waals surface area contributed by atoms with Crippen LogP contribution in [0.25, 0.3) is 34.7 Å². The summed E-state index contributed by atoms with van der Waals surface area (Å²) < 4.78 is 5.01. The van der Waals surface area contributed by atoms with Crippen LogP contribution in [0.3, 0.4) is 0 Å². The quantitative estimate of drug-likeness (QED) is 0.172. The van der Waals surface area contributed by atoms with Gasteiger partial charge >= 0.3 is 247 Å². The Morgan fingerprint density at radius 1 is 0.581 bits per heavy atom. The van der Waals surface area contributed by atoms with Crippen molar-refractivity contribution in [3.63, 3.8) is 0 Å². The van der Waals surface area contributed by atoms with Gasteiger partial charge in [0.25, 0.3) is 0 Å². The second-order valence-electron chi connectivity index (χ2n) is 12.2. The van der Waals surface area contributed by atoms with E-state index >= 15 is 0 Å². The van der Waals surface area contributed by atoms with Crippen LogP contribution in [0.1, 0.15) is 40.6 Å². The number of pyridine rings is 2. The van der Waals surface area contributed by atoms with Gasteiger partial charge in [0.15, 0.2) is 0 Å². The molecule has 216 valence electrons. The minimum absolute atomic E-state index is 0. The van der Waals surface area contributed by atoms with E-state index in [1.165, 1.54) is 44.5 Å². The summed E-state index contributed by atoms with van der Waals surface area (Å²) in [5, 5.41) is 0. The van der Waals surface area contributed by atoms with Crippen LogP contribution >= 0.6 is 24.8 Å². The Morgan fingerprint density at radius 2 is 1.02 bits per heavy atom. The molecule has 6 heteroatoms. The molecule has 2 aromatic heterocycles. The number of aromatic nitrogens is 2. The largest absolute Gasteiger partial charge is 0.147 e. The molecule has 2 heterocycles. The van der Waals surface area contributed by atoms with Crippen molar-refractivity contribution >= 4 is 47.1 Å². The van der Waals surface area contributed by atoms with E-state index in [-0.39, 0.29) is 24.8 Å². The Hall–Kier alpha value is -2.88. The molecule has 2 aliphatic rings. The van der Waals surface area contributed by atoms with Crippen LogP contribution in [0.5, 0.6) is 0 Å². The van der Waals surface area contributed by atoms with Crippen LogP contribution in [-0.2, 0) is 17.4 Å². The van der Waals surface area contributed by atoms with Crippen molar-refractivity contribution in [2.45, 2.75) is 25.7 Å². The Labute approximate surface area is 269 Å². The van der Waals surface area contributed by atoms with Gasteiger partial charge in [0.05, 0.1) is 0 Å². The summed E-state index contributed by atoms with van der Waals surface area (Å²) in [7, 11) is 0. The van der Waals surface area contributed by atoms with Crippen LogP contribution in [-0.4, -0.2) is 16.8 Å². The van der Waals surface area contributed by atoms with Gasteiger partial charge in [-0.2, -0.15) is 0 Å². The van der Waals surface area contributed by atoms with Crippen LogP contribution in [0.15, 0.2) is 116 Å². The van der Waals surface area contributed by atoms with Gasteiger partial charge < -0.3 is 0 Å². The third kappa shape index (κ3) is 4.88. The van der Waals surface area contributed by atoms with Crippen molar-refractivity contribution in [1.82, 2.24) is 9.97 Å². The molecule has 2 aliphatic carbocycles. The minimum atomic E-state index is -4.04. The summed E-state index contributed by atoms with van der Waals surface area (Å²) in [5.74, 6) is 0. The molecular weight excluding hydrogens is 663 g/mol. The van der Waals surface area contributed by atoms with E-state index in [0.717, 1.165) is 11.4 Å². The van der Waals surface area contributed by atoms with Gasteiger partial charge in [-0.3, -0.25) is 0 Å². The summed E-state index contributed by atoms with van der Waals surface area (Å²) >= 11 is -4.04. The monoisotopic (exact) mass is 696 g/mol. The number of benzene rings is 3. The first-order chi connectivity index (χ1) is 19.9. The fourth-order valence-corrected chi connectivity index (χ4v) is 27.4. The second kappa shape index (κ2) is 11.9. The van der Waals surface area contributed by atoms with E-state index in [4.69, 9.17) is 9.97 Å². The van der Waals surface area contributed by atoms with Gasteiger partial charge in [0, 0.05) is 0 Å². The fraction of sp³-hybridized carbons (Fsp3) is 0.135. The minimum Gasteiger partial charge on any atom is -0.147 e. The van der Waals surface area contributed by atoms with E-state index in [1.54, 1.807) is 3.27 Å². The van der Waals surface area contributed by atoms with Crippen LogP contribution in [0, 0.1) is 13.8 Å². The van der Waals surface area contributed by atoms with Gasteiger partial charge in [-0.1, -0.05) is 0 Å². The molecular formula is C37H36Cl2N2SiZr. The number of nitrogens with zero attached hydrogens (tertiary/aromatic N) is 2. The number of allylic oxidation sites excluding steroid dienone is 2. The molecule has 2 unspecified atom stereocenters. The van der Waals surface area contributed by atoms with Crippen molar-refractivity contribution < 1.29 is 17.4 Å². The average Bonchev–Trinajstić information content (AvgIpc) is 3.67. The number of hydrogen-bond donors (Lipinski definition) is 0. The SMILES string of the molecule is Cc1ccc(-c2ccccn2)c2c1[CH]([Zr]([CH3])(=[SiH2])([c]1ccccc1)[CH]1C=Cc3c(-c4ccccn4)ccc(C)c31)C=C2.Cl.Cl. The standard InChI is InChI=1S/2C15H12N.C6H5.CH3.2ClH.H2Si.Zr/c2*1-11-8-9-14(13-6-4-5-12(11)13)15-7-2-3-10-16-15;1-2-4-6-5-3-1;;;;;/h2*2-10H,1H3;1-5H;1H3;2*1H;1H2;. The van der Waals surface area contributed by atoms with Gasteiger partial charge in [-0.25, -0.2) is 0 Å². The maximum Gasteiger partial charge on any atom is -0.147 e. The van der Waals surface area contributed by atoms with Crippen molar-refractivity contribution in [2.75, 3.05) is 0 Å². The maximum absolute atomic E-state index is 4.74. The molecule has 0 amide bonds. The van der Waals surface area contributed by atoms with Crippen LogP contribution < -0.4 is 3.27 Å². The molecule has 7 rings (SSSR count). The van der Waals surface area contributed by atoms with Gasteiger partial charge in [0.2, 0.25) is 0 Å². The first kappa shape index (κ1) is 31.5. The van der Waals surface area contributed by atoms with Crippen molar-refractivity contribution in [3.8, 4) is 22.5 Å². The number of rotatable bonds is 5. The number of fused-ring (bicyclic) bond motifs is 2. The molecule has 0 N–H and O–H groups in total. The molecule has 0 radical (unpaired) electrons.